The van der Waals surface area contributed by atoms with E-state index in [9.17, 15) is 0 Å². The van der Waals surface area contributed by atoms with E-state index in [1.807, 2.05) is 10.9 Å². The summed E-state index contributed by atoms with van der Waals surface area (Å²) in [5.74, 6) is 0. The molecule has 0 saturated heterocycles. The zero-order valence-electron chi connectivity index (χ0n) is 13.5. The van der Waals surface area contributed by atoms with Crippen LogP contribution in [0.25, 0.3) is 0 Å². The summed E-state index contributed by atoms with van der Waals surface area (Å²) >= 11 is 0. The molecule has 0 saturated carbocycles. The first-order chi connectivity index (χ1) is 9.90. The summed E-state index contributed by atoms with van der Waals surface area (Å²) in [5.41, 5.74) is 9.70. The lowest BCUT2D eigenvalue weighted by atomic mass is 9.87. The molecule has 2 aromatic rings. The van der Waals surface area contributed by atoms with Gasteiger partial charge in [0.1, 0.15) is 0 Å². The monoisotopic (exact) mass is 286 g/mol. The third-order valence-corrected chi connectivity index (χ3v) is 3.70. The van der Waals surface area contributed by atoms with Crippen LogP contribution in [0.15, 0.2) is 30.5 Å². The summed E-state index contributed by atoms with van der Waals surface area (Å²) in [6, 6.07) is 8.69. The van der Waals surface area contributed by atoms with Gasteiger partial charge in [-0.3, -0.25) is 0 Å². The van der Waals surface area contributed by atoms with Crippen molar-refractivity contribution in [3.63, 3.8) is 0 Å². The van der Waals surface area contributed by atoms with Crippen LogP contribution < -0.4 is 5.73 Å². The second kappa shape index (κ2) is 6.39. The lowest BCUT2D eigenvalue weighted by Gasteiger charge is -2.19. The van der Waals surface area contributed by atoms with Crippen LogP contribution in [0.2, 0.25) is 0 Å². The Hall–Kier alpha value is -1.68. The summed E-state index contributed by atoms with van der Waals surface area (Å²) in [6.07, 6.45) is 3.96. The van der Waals surface area contributed by atoms with Gasteiger partial charge >= 0.3 is 0 Å². The van der Waals surface area contributed by atoms with Gasteiger partial charge in [0.05, 0.1) is 24.5 Å². The average molecular weight is 286 g/mol. The first-order valence-corrected chi connectivity index (χ1v) is 7.65. The van der Waals surface area contributed by atoms with E-state index in [4.69, 9.17) is 5.73 Å². The minimum absolute atomic E-state index is 0.00739. The van der Waals surface area contributed by atoms with Crippen LogP contribution in [0.3, 0.4) is 0 Å². The van der Waals surface area contributed by atoms with Crippen molar-refractivity contribution in [2.75, 3.05) is 0 Å². The second-order valence-electron chi connectivity index (χ2n) is 6.68. The van der Waals surface area contributed by atoms with Crippen LogP contribution in [0, 0.1) is 0 Å². The van der Waals surface area contributed by atoms with Crippen molar-refractivity contribution in [2.45, 2.75) is 58.5 Å². The van der Waals surface area contributed by atoms with E-state index in [2.05, 4.69) is 62.3 Å². The molecule has 4 heteroatoms. The van der Waals surface area contributed by atoms with Gasteiger partial charge in [0.2, 0.25) is 0 Å². The first-order valence-electron chi connectivity index (χ1n) is 7.65. The minimum Gasteiger partial charge on any atom is -0.323 e. The fourth-order valence-electron chi connectivity index (χ4n) is 2.32. The maximum absolute atomic E-state index is 6.06. The van der Waals surface area contributed by atoms with E-state index in [0.717, 1.165) is 25.1 Å². The molecule has 1 atom stereocenters. The van der Waals surface area contributed by atoms with Gasteiger partial charge in [-0.1, -0.05) is 63.6 Å². The normalized spacial score (nSPS) is 13.4. The predicted octanol–water partition coefficient (Wildman–Crippen LogP) is 3.42. The third kappa shape index (κ3) is 4.14. The van der Waals surface area contributed by atoms with Crippen LogP contribution in [0.4, 0.5) is 0 Å². The summed E-state index contributed by atoms with van der Waals surface area (Å²) in [6.45, 7) is 9.53. The molecular formula is C17H26N4. The van der Waals surface area contributed by atoms with Crippen LogP contribution >= 0.6 is 0 Å². The van der Waals surface area contributed by atoms with Crippen LogP contribution in [-0.2, 0) is 12.0 Å². The van der Waals surface area contributed by atoms with E-state index >= 15 is 0 Å². The van der Waals surface area contributed by atoms with Gasteiger partial charge in [-0.15, -0.1) is 5.10 Å². The zero-order chi connectivity index (χ0) is 15.5. The molecule has 0 aliphatic heterocycles. The molecule has 2 rings (SSSR count). The molecule has 21 heavy (non-hydrogen) atoms. The van der Waals surface area contributed by atoms with E-state index in [1.165, 1.54) is 11.1 Å². The predicted molar refractivity (Wildman–Crippen MR) is 86.1 cm³/mol. The molecule has 0 bridgehead atoms. The van der Waals surface area contributed by atoms with Crippen molar-refractivity contribution >= 4 is 0 Å². The Balaban J connectivity index is 2.05. The standard InChI is InChI=1S/C17H26N4/c1-5-6-15(18)16-12-21(20-19-16)11-13-7-9-14(10-8-13)17(2,3)4/h7-10,12,15H,5-6,11,18H2,1-4H3. The average Bonchev–Trinajstić information content (AvgIpc) is 2.87. The Bertz CT molecular complexity index is 563. The Morgan fingerprint density at radius 3 is 2.43 bits per heavy atom. The Kier molecular flexibility index (Phi) is 4.78. The van der Waals surface area contributed by atoms with Gasteiger partial charge in [0, 0.05) is 0 Å². The molecular weight excluding hydrogens is 260 g/mol. The van der Waals surface area contributed by atoms with Gasteiger partial charge in [0.15, 0.2) is 0 Å². The molecule has 1 aromatic heterocycles. The van der Waals surface area contributed by atoms with Crippen molar-refractivity contribution in [3.05, 3.63) is 47.3 Å². The molecule has 0 fully saturated rings. The number of benzene rings is 1. The summed E-state index contributed by atoms with van der Waals surface area (Å²) in [4.78, 5) is 0. The maximum Gasteiger partial charge on any atom is 0.0994 e. The van der Waals surface area contributed by atoms with Gasteiger partial charge in [0.25, 0.3) is 0 Å². The number of aromatic nitrogens is 3. The molecule has 0 aliphatic rings. The highest BCUT2D eigenvalue weighted by molar-refractivity contribution is 5.27. The van der Waals surface area contributed by atoms with Crippen molar-refractivity contribution < 1.29 is 0 Å². The Labute approximate surface area is 127 Å². The fourth-order valence-corrected chi connectivity index (χ4v) is 2.32. The van der Waals surface area contributed by atoms with Gasteiger partial charge in [-0.25, -0.2) is 4.68 Å². The lowest BCUT2D eigenvalue weighted by Crippen LogP contribution is -2.11. The maximum atomic E-state index is 6.06. The van der Waals surface area contributed by atoms with Crippen molar-refractivity contribution in [2.24, 2.45) is 5.73 Å². The van der Waals surface area contributed by atoms with E-state index in [-0.39, 0.29) is 11.5 Å². The molecule has 0 amide bonds. The van der Waals surface area contributed by atoms with Crippen LogP contribution in [-0.4, -0.2) is 15.0 Å². The van der Waals surface area contributed by atoms with Gasteiger partial charge < -0.3 is 5.73 Å². The Morgan fingerprint density at radius 2 is 1.86 bits per heavy atom. The number of nitrogens with zero attached hydrogens (tertiary/aromatic N) is 3. The van der Waals surface area contributed by atoms with Crippen LogP contribution in [0.5, 0.6) is 0 Å². The topological polar surface area (TPSA) is 56.7 Å². The highest BCUT2D eigenvalue weighted by atomic mass is 15.4. The van der Waals surface area contributed by atoms with E-state index in [0.29, 0.717) is 0 Å². The fraction of sp³-hybridized carbons (Fsp3) is 0.529. The second-order valence-corrected chi connectivity index (χ2v) is 6.68. The van der Waals surface area contributed by atoms with Crippen molar-refractivity contribution in [1.82, 2.24) is 15.0 Å². The number of nitrogens with two attached hydrogens (primary N) is 1. The molecule has 0 spiro atoms. The zero-order valence-corrected chi connectivity index (χ0v) is 13.5. The molecule has 0 radical (unpaired) electrons. The molecule has 0 aliphatic carbocycles. The van der Waals surface area contributed by atoms with Gasteiger partial charge in [-0.05, 0) is 23.0 Å². The van der Waals surface area contributed by atoms with E-state index < -0.39 is 0 Å². The number of rotatable bonds is 5. The minimum atomic E-state index is -0.00739. The highest BCUT2D eigenvalue weighted by Crippen LogP contribution is 2.22. The molecule has 4 nitrogen and oxygen atoms in total. The highest BCUT2D eigenvalue weighted by Gasteiger charge is 2.13. The SMILES string of the molecule is CCCC(N)c1cn(Cc2ccc(C(C)(C)C)cc2)nn1. The third-order valence-electron chi connectivity index (χ3n) is 3.70. The lowest BCUT2D eigenvalue weighted by molar-refractivity contribution is 0.589. The quantitative estimate of drug-likeness (QED) is 0.916. The van der Waals surface area contributed by atoms with Crippen molar-refractivity contribution in [1.29, 1.82) is 0 Å². The number of hydrogen-bond acceptors (Lipinski definition) is 3. The Morgan fingerprint density at radius 1 is 1.19 bits per heavy atom. The molecule has 1 heterocycles. The van der Waals surface area contributed by atoms with Crippen molar-refractivity contribution in [3.8, 4) is 0 Å². The summed E-state index contributed by atoms with van der Waals surface area (Å²) in [5, 5.41) is 8.35. The van der Waals surface area contributed by atoms with Crippen LogP contribution in [0.1, 0.15) is 63.4 Å². The van der Waals surface area contributed by atoms with E-state index in [1.54, 1.807) is 0 Å². The summed E-state index contributed by atoms with van der Waals surface area (Å²) < 4.78 is 1.86. The molecule has 1 aromatic carbocycles. The largest absolute Gasteiger partial charge is 0.323 e. The molecule has 1 unspecified atom stereocenters. The first kappa shape index (κ1) is 15.7. The number of hydrogen-bond donors (Lipinski definition) is 1. The summed E-state index contributed by atoms with van der Waals surface area (Å²) in [7, 11) is 0. The smallest absolute Gasteiger partial charge is 0.0994 e. The molecule has 114 valence electrons. The molecule has 2 N–H and O–H groups in total. The van der Waals surface area contributed by atoms with Gasteiger partial charge in [-0.2, -0.15) is 0 Å².